The van der Waals surface area contributed by atoms with E-state index < -0.39 is 0 Å². The third kappa shape index (κ3) is 7.77. The monoisotopic (exact) mass is 358 g/mol. The molecule has 0 aromatic carbocycles. The third-order valence-electron chi connectivity index (χ3n) is 2.49. The van der Waals surface area contributed by atoms with Gasteiger partial charge in [0.25, 0.3) is 0 Å². The Hall–Kier alpha value is 2.10. The molecule has 0 nitrogen and oxygen atoms in total. The maximum Gasteiger partial charge on any atom is 0.0724 e. The van der Waals surface area contributed by atoms with Gasteiger partial charge < -0.3 is 0 Å². The Kier molecular flexibility index (Phi) is 9.09. The minimum atomic E-state index is 0.920. The van der Waals surface area contributed by atoms with Crippen molar-refractivity contribution in [2.24, 2.45) is 0 Å². The van der Waals surface area contributed by atoms with E-state index in [9.17, 15) is 0 Å². The molecule has 2 saturated heterocycles. The zero-order chi connectivity index (χ0) is 12.6. The van der Waals surface area contributed by atoms with Crippen LogP contribution in [0.4, 0.5) is 0 Å². The Morgan fingerprint density at radius 3 is 2.33 bits per heavy atom. The quantitative estimate of drug-likeness (QED) is 0.359. The highest BCUT2D eigenvalue weighted by Gasteiger charge is 2.38. The highest BCUT2D eigenvalue weighted by atomic mass is 32.2. The van der Waals surface area contributed by atoms with E-state index in [1.807, 2.05) is 0 Å². The minimum absolute atomic E-state index is 0.920. The molecule has 2 heterocycles. The molecule has 2 fully saturated rings. The lowest BCUT2D eigenvalue weighted by Crippen LogP contribution is -1.95. The lowest BCUT2D eigenvalue weighted by Gasteiger charge is -2.01. The lowest BCUT2D eigenvalue weighted by molar-refractivity contribution is 1.11. The number of thioether (sulfide) groups is 6. The Bertz CT molecular complexity index is 221. The Balaban J connectivity index is 1.28. The molecule has 0 bridgehead atoms. The zero-order valence-corrected chi connectivity index (χ0v) is 15.7. The number of hydrogen-bond acceptors (Lipinski definition) is 6. The SMILES string of the molecule is CCCSC1SC1SCCSCCSCC1CS1. The van der Waals surface area contributed by atoms with Crippen LogP contribution in [0.3, 0.4) is 0 Å². The van der Waals surface area contributed by atoms with E-state index in [1.54, 1.807) is 0 Å². The van der Waals surface area contributed by atoms with Gasteiger partial charge in [-0.3, -0.25) is 0 Å². The third-order valence-corrected chi connectivity index (χ3v) is 11.4. The average molecular weight is 359 g/mol. The van der Waals surface area contributed by atoms with Crippen LogP contribution in [0.5, 0.6) is 0 Å². The molecule has 0 aliphatic carbocycles. The predicted molar refractivity (Wildman–Crippen MR) is 101 cm³/mol. The molecule has 0 spiro atoms. The summed E-state index contributed by atoms with van der Waals surface area (Å²) in [7, 11) is 0. The summed E-state index contributed by atoms with van der Waals surface area (Å²) < 4.78 is 1.84. The van der Waals surface area contributed by atoms with E-state index >= 15 is 0 Å². The van der Waals surface area contributed by atoms with Crippen LogP contribution in [0, 0.1) is 0 Å². The normalized spacial score (nSPS) is 29.5. The molecule has 0 N–H and O–H groups in total. The van der Waals surface area contributed by atoms with Crippen LogP contribution in [0.15, 0.2) is 0 Å². The van der Waals surface area contributed by atoms with Crippen LogP contribution in [-0.2, 0) is 0 Å². The first-order valence-electron chi connectivity index (χ1n) is 6.56. The summed E-state index contributed by atoms with van der Waals surface area (Å²) in [5.41, 5.74) is 0. The van der Waals surface area contributed by atoms with Crippen LogP contribution >= 0.6 is 70.6 Å². The van der Waals surface area contributed by atoms with Crippen molar-refractivity contribution >= 4 is 70.6 Å². The largest absolute Gasteiger partial charge is 0.160 e. The second kappa shape index (κ2) is 9.93. The van der Waals surface area contributed by atoms with Crippen molar-refractivity contribution in [3.63, 3.8) is 0 Å². The number of hydrogen-bond donors (Lipinski definition) is 0. The van der Waals surface area contributed by atoms with Crippen molar-refractivity contribution in [3.8, 4) is 0 Å². The van der Waals surface area contributed by atoms with Gasteiger partial charge in [0.05, 0.1) is 9.16 Å². The van der Waals surface area contributed by atoms with Gasteiger partial charge >= 0.3 is 0 Å². The summed E-state index contributed by atoms with van der Waals surface area (Å²) in [6, 6.07) is 0. The van der Waals surface area contributed by atoms with Gasteiger partial charge in [-0.1, -0.05) is 6.92 Å². The average Bonchev–Trinajstić information content (AvgIpc) is 3.26. The topological polar surface area (TPSA) is 0 Å². The van der Waals surface area contributed by atoms with Crippen molar-refractivity contribution < 1.29 is 0 Å². The molecular formula is C12H22S6. The first-order valence-corrected chi connectivity index (χ1v) is 13.0. The van der Waals surface area contributed by atoms with Crippen LogP contribution in [-0.4, -0.2) is 54.7 Å². The molecule has 2 aliphatic rings. The van der Waals surface area contributed by atoms with Crippen LogP contribution in [0.1, 0.15) is 13.3 Å². The molecule has 0 amide bonds. The predicted octanol–water partition coefficient (Wildman–Crippen LogP) is 4.84. The van der Waals surface area contributed by atoms with Gasteiger partial charge in [0.15, 0.2) is 0 Å². The summed E-state index contributed by atoms with van der Waals surface area (Å²) in [5.74, 6) is 9.59. The standard InChI is InChI=1S/C12H22S6/c1-2-3-15-11-12(18-11)16-7-6-13-4-5-14-8-10-9-17-10/h10-12H,2-9H2,1H3. The summed E-state index contributed by atoms with van der Waals surface area (Å²) >= 11 is 12.9. The van der Waals surface area contributed by atoms with Gasteiger partial charge in [-0.05, 0) is 12.2 Å². The van der Waals surface area contributed by atoms with E-state index in [4.69, 9.17) is 0 Å². The van der Waals surface area contributed by atoms with E-state index in [2.05, 4.69) is 77.5 Å². The van der Waals surface area contributed by atoms with E-state index in [-0.39, 0.29) is 0 Å². The molecule has 2 rings (SSSR count). The Labute approximate surface area is 137 Å². The van der Waals surface area contributed by atoms with Gasteiger partial charge in [0, 0.05) is 39.8 Å². The number of rotatable bonds is 12. The minimum Gasteiger partial charge on any atom is -0.160 e. The fraction of sp³-hybridized carbons (Fsp3) is 1.00. The summed E-state index contributed by atoms with van der Waals surface area (Å²) in [5, 5.41) is 1.01. The Morgan fingerprint density at radius 1 is 0.944 bits per heavy atom. The highest BCUT2D eigenvalue weighted by Crippen LogP contribution is 2.55. The molecule has 18 heavy (non-hydrogen) atoms. The molecule has 2 aliphatic heterocycles. The van der Waals surface area contributed by atoms with Gasteiger partial charge in [0.2, 0.25) is 0 Å². The fourth-order valence-corrected chi connectivity index (χ4v) is 9.27. The van der Waals surface area contributed by atoms with Crippen molar-refractivity contribution in [1.29, 1.82) is 0 Å². The maximum atomic E-state index is 2.28. The van der Waals surface area contributed by atoms with Crippen molar-refractivity contribution in [3.05, 3.63) is 0 Å². The fourth-order valence-electron chi connectivity index (χ4n) is 1.38. The van der Waals surface area contributed by atoms with Gasteiger partial charge in [-0.15, -0.1) is 35.3 Å². The van der Waals surface area contributed by atoms with Gasteiger partial charge in [0.1, 0.15) is 0 Å². The van der Waals surface area contributed by atoms with Gasteiger partial charge in [-0.2, -0.15) is 35.3 Å². The summed E-state index contributed by atoms with van der Waals surface area (Å²) in [6.45, 7) is 2.28. The van der Waals surface area contributed by atoms with E-state index in [0.717, 1.165) is 14.4 Å². The van der Waals surface area contributed by atoms with E-state index in [1.165, 1.54) is 46.7 Å². The first-order chi connectivity index (χ1) is 8.90. The second-order valence-electron chi connectivity index (χ2n) is 4.26. The summed E-state index contributed by atoms with van der Waals surface area (Å²) in [4.78, 5) is 0. The van der Waals surface area contributed by atoms with Crippen LogP contribution in [0.2, 0.25) is 0 Å². The van der Waals surface area contributed by atoms with E-state index in [0.29, 0.717) is 0 Å². The van der Waals surface area contributed by atoms with Crippen molar-refractivity contribution in [1.82, 2.24) is 0 Å². The second-order valence-corrected chi connectivity index (χ2v) is 12.3. The molecule has 3 atom stereocenters. The molecule has 6 heteroatoms. The van der Waals surface area contributed by atoms with Gasteiger partial charge in [-0.25, -0.2) is 0 Å². The highest BCUT2D eigenvalue weighted by molar-refractivity contribution is 8.32. The molecule has 106 valence electrons. The van der Waals surface area contributed by atoms with Crippen molar-refractivity contribution in [2.45, 2.75) is 27.8 Å². The zero-order valence-electron chi connectivity index (χ0n) is 10.8. The molecule has 3 unspecified atom stereocenters. The van der Waals surface area contributed by atoms with Crippen molar-refractivity contribution in [2.75, 3.05) is 40.3 Å². The maximum absolute atomic E-state index is 2.28. The molecule has 0 saturated carbocycles. The molecule has 0 aromatic heterocycles. The summed E-state index contributed by atoms with van der Waals surface area (Å²) in [6.07, 6.45) is 1.33. The Morgan fingerprint density at radius 2 is 1.61 bits per heavy atom. The molecule has 0 aromatic rings. The van der Waals surface area contributed by atoms with Crippen LogP contribution < -0.4 is 0 Å². The van der Waals surface area contributed by atoms with Crippen LogP contribution in [0.25, 0.3) is 0 Å². The first kappa shape index (κ1) is 16.5. The smallest absolute Gasteiger partial charge is 0.0724 e. The molecule has 0 radical (unpaired) electrons. The molecular weight excluding hydrogens is 337 g/mol. The lowest BCUT2D eigenvalue weighted by atomic mass is 10.6.